The predicted octanol–water partition coefficient (Wildman–Crippen LogP) is 7.35. The van der Waals surface area contributed by atoms with Gasteiger partial charge in [-0.3, -0.25) is 0 Å². The number of hydrogen-bond donors (Lipinski definition) is 0. The van der Waals surface area contributed by atoms with Crippen molar-refractivity contribution in [2.75, 3.05) is 6.61 Å². The Bertz CT molecular complexity index is 547. The molecular formula is C22H33F3O2. The second-order valence-electron chi connectivity index (χ2n) is 7.10. The number of benzene rings is 1. The monoisotopic (exact) mass is 386 g/mol. The van der Waals surface area contributed by atoms with Crippen molar-refractivity contribution in [2.24, 2.45) is 0 Å². The maximum absolute atomic E-state index is 13.5. The fourth-order valence-electron chi connectivity index (χ4n) is 3.05. The Morgan fingerprint density at radius 1 is 0.741 bits per heavy atom. The van der Waals surface area contributed by atoms with Crippen LogP contribution in [0.5, 0.6) is 0 Å². The summed E-state index contributed by atoms with van der Waals surface area (Å²) in [7, 11) is 0. The van der Waals surface area contributed by atoms with Gasteiger partial charge in [0.05, 0.1) is 12.2 Å². The number of rotatable bonds is 15. The number of carbonyl (C=O) groups excluding carboxylic acids is 1. The summed E-state index contributed by atoms with van der Waals surface area (Å²) in [6, 6.07) is 1.63. The van der Waals surface area contributed by atoms with Crippen molar-refractivity contribution in [1.29, 1.82) is 0 Å². The van der Waals surface area contributed by atoms with E-state index in [0.717, 1.165) is 25.0 Å². The SMILES string of the molecule is CCCCCCCCCCCCCCCOC(=O)c1ccc(F)c(F)c1F. The van der Waals surface area contributed by atoms with Gasteiger partial charge in [0.1, 0.15) is 0 Å². The number of esters is 1. The van der Waals surface area contributed by atoms with Crippen molar-refractivity contribution in [3.05, 3.63) is 35.1 Å². The highest BCUT2D eigenvalue weighted by atomic mass is 19.2. The first kappa shape index (κ1) is 23.5. The molecule has 0 aliphatic carbocycles. The number of unbranched alkanes of at least 4 members (excludes halogenated alkanes) is 12. The van der Waals surface area contributed by atoms with Crippen LogP contribution < -0.4 is 0 Å². The second-order valence-corrected chi connectivity index (χ2v) is 7.10. The summed E-state index contributed by atoms with van der Waals surface area (Å²) < 4.78 is 44.4. The summed E-state index contributed by atoms with van der Waals surface area (Å²) in [5, 5.41) is 0. The lowest BCUT2D eigenvalue weighted by Crippen LogP contribution is -2.10. The summed E-state index contributed by atoms with van der Waals surface area (Å²) in [6.45, 7) is 2.39. The van der Waals surface area contributed by atoms with E-state index in [-0.39, 0.29) is 6.61 Å². The Hall–Kier alpha value is -1.52. The molecule has 0 unspecified atom stereocenters. The van der Waals surface area contributed by atoms with E-state index in [0.29, 0.717) is 6.42 Å². The molecule has 0 amide bonds. The van der Waals surface area contributed by atoms with Crippen LogP contribution in [-0.2, 0) is 4.74 Å². The van der Waals surface area contributed by atoms with Crippen LogP contribution in [-0.4, -0.2) is 12.6 Å². The first-order chi connectivity index (χ1) is 13.1. The van der Waals surface area contributed by atoms with Gasteiger partial charge in [0, 0.05) is 0 Å². The third-order valence-corrected chi connectivity index (χ3v) is 4.74. The highest BCUT2D eigenvalue weighted by molar-refractivity contribution is 5.89. The number of carbonyl (C=O) groups is 1. The first-order valence-corrected chi connectivity index (χ1v) is 10.4. The van der Waals surface area contributed by atoms with E-state index < -0.39 is 29.0 Å². The molecule has 0 bridgehead atoms. The molecule has 27 heavy (non-hydrogen) atoms. The molecule has 154 valence electrons. The molecule has 1 rings (SSSR count). The van der Waals surface area contributed by atoms with Crippen molar-refractivity contribution in [2.45, 2.75) is 90.4 Å². The predicted molar refractivity (Wildman–Crippen MR) is 102 cm³/mol. The Balaban J connectivity index is 1.97. The van der Waals surface area contributed by atoms with Crippen molar-refractivity contribution in [3.63, 3.8) is 0 Å². The van der Waals surface area contributed by atoms with Gasteiger partial charge < -0.3 is 4.74 Å². The Morgan fingerprint density at radius 2 is 1.22 bits per heavy atom. The minimum Gasteiger partial charge on any atom is -0.462 e. The number of halogens is 3. The average molecular weight is 386 g/mol. The normalized spacial score (nSPS) is 11.0. The Kier molecular flexibility index (Phi) is 12.7. The lowest BCUT2D eigenvalue weighted by molar-refractivity contribution is 0.0491. The van der Waals surface area contributed by atoms with E-state index in [1.165, 1.54) is 64.2 Å². The zero-order chi connectivity index (χ0) is 19.9. The minimum atomic E-state index is -1.65. The van der Waals surface area contributed by atoms with E-state index in [2.05, 4.69) is 6.92 Å². The van der Waals surface area contributed by atoms with Crippen molar-refractivity contribution in [3.8, 4) is 0 Å². The van der Waals surface area contributed by atoms with Crippen LogP contribution in [0.25, 0.3) is 0 Å². The molecule has 0 atom stereocenters. The molecule has 0 aliphatic rings. The minimum absolute atomic E-state index is 0.162. The molecule has 0 aliphatic heterocycles. The highest BCUT2D eigenvalue weighted by Crippen LogP contribution is 2.16. The van der Waals surface area contributed by atoms with Gasteiger partial charge >= 0.3 is 5.97 Å². The lowest BCUT2D eigenvalue weighted by atomic mass is 10.0. The van der Waals surface area contributed by atoms with Gasteiger partial charge in [-0.15, -0.1) is 0 Å². The molecule has 0 saturated heterocycles. The van der Waals surface area contributed by atoms with Gasteiger partial charge in [-0.1, -0.05) is 84.0 Å². The van der Waals surface area contributed by atoms with Crippen LogP contribution in [0.3, 0.4) is 0 Å². The van der Waals surface area contributed by atoms with Crippen LogP contribution in [0.1, 0.15) is 101 Å². The second kappa shape index (κ2) is 14.5. The van der Waals surface area contributed by atoms with E-state index in [1.807, 2.05) is 0 Å². The summed E-state index contributed by atoms with van der Waals surface area (Å²) in [6.07, 6.45) is 15.7. The van der Waals surface area contributed by atoms with Crippen LogP contribution in [0.2, 0.25) is 0 Å². The summed E-state index contributed by atoms with van der Waals surface area (Å²) in [4.78, 5) is 11.7. The molecule has 0 radical (unpaired) electrons. The maximum Gasteiger partial charge on any atom is 0.341 e. The topological polar surface area (TPSA) is 26.3 Å². The van der Waals surface area contributed by atoms with E-state index in [1.54, 1.807) is 0 Å². The maximum atomic E-state index is 13.5. The third-order valence-electron chi connectivity index (χ3n) is 4.74. The average Bonchev–Trinajstić information content (AvgIpc) is 2.66. The smallest absolute Gasteiger partial charge is 0.341 e. The van der Waals surface area contributed by atoms with Gasteiger partial charge in [-0.2, -0.15) is 0 Å². The van der Waals surface area contributed by atoms with E-state index in [4.69, 9.17) is 4.74 Å². The fourth-order valence-corrected chi connectivity index (χ4v) is 3.05. The largest absolute Gasteiger partial charge is 0.462 e. The van der Waals surface area contributed by atoms with Gasteiger partial charge in [0.2, 0.25) is 0 Å². The van der Waals surface area contributed by atoms with Gasteiger partial charge in [-0.25, -0.2) is 18.0 Å². The van der Waals surface area contributed by atoms with Crippen LogP contribution >= 0.6 is 0 Å². The van der Waals surface area contributed by atoms with E-state index in [9.17, 15) is 18.0 Å². The van der Waals surface area contributed by atoms with Crippen LogP contribution in [0.4, 0.5) is 13.2 Å². The molecule has 0 N–H and O–H groups in total. The van der Waals surface area contributed by atoms with Crippen molar-refractivity contribution < 1.29 is 22.7 Å². The zero-order valence-corrected chi connectivity index (χ0v) is 16.5. The standard InChI is InChI=1S/C22H33F3O2/c1-2-3-4-5-6-7-8-9-10-11-12-13-14-17-27-22(26)18-15-16-19(23)21(25)20(18)24/h15-16H,2-14,17H2,1H3. The molecule has 0 fully saturated rings. The highest BCUT2D eigenvalue weighted by Gasteiger charge is 2.19. The molecular weight excluding hydrogens is 353 g/mol. The quantitative estimate of drug-likeness (QED) is 0.179. The first-order valence-electron chi connectivity index (χ1n) is 10.4. The summed E-state index contributed by atoms with van der Waals surface area (Å²) in [5.74, 6) is -5.42. The van der Waals surface area contributed by atoms with Gasteiger partial charge in [-0.05, 0) is 18.6 Å². The number of hydrogen-bond acceptors (Lipinski definition) is 2. The zero-order valence-electron chi connectivity index (χ0n) is 16.5. The van der Waals surface area contributed by atoms with Crippen molar-refractivity contribution >= 4 is 5.97 Å². The molecule has 0 saturated carbocycles. The Labute approximate surface area is 161 Å². The van der Waals surface area contributed by atoms with Crippen molar-refractivity contribution in [1.82, 2.24) is 0 Å². The molecule has 1 aromatic carbocycles. The molecule has 1 aromatic rings. The summed E-state index contributed by atoms with van der Waals surface area (Å²) in [5.41, 5.74) is -0.566. The molecule has 0 aromatic heterocycles. The number of ether oxygens (including phenoxy) is 1. The molecule has 0 spiro atoms. The fraction of sp³-hybridized carbons (Fsp3) is 0.682. The molecule has 2 nitrogen and oxygen atoms in total. The van der Waals surface area contributed by atoms with Gasteiger partial charge in [0.25, 0.3) is 0 Å². The lowest BCUT2D eigenvalue weighted by Gasteiger charge is -2.06. The Morgan fingerprint density at radius 3 is 1.74 bits per heavy atom. The van der Waals surface area contributed by atoms with Gasteiger partial charge in [0.15, 0.2) is 17.5 Å². The summed E-state index contributed by atoms with van der Waals surface area (Å²) >= 11 is 0. The third kappa shape index (κ3) is 9.83. The molecule has 0 heterocycles. The molecule has 5 heteroatoms. The van der Waals surface area contributed by atoms with E-state index >= 15 is 0 Å². The van der Waals surface area contributed by atoms with Crippen LogP contribution in [0, 0.1) is 17.5 Å². The van der Waals surface area contributed by atoms with Crippen LogP contribution in [0.15, 0.2) is 12.1 Å².